The molecule has 4 heteroatoms. The van der Waals surface area contributed by atoms with Gasteiger partial charge in [0.25, 0.3) is 0 Å². The number of rotatable bonds is 5. The minimum atomic E-state index is -3.54. The quantitative estimate of drug-likeness (QED) is 0.823. The minimum absolute atomic E-state index is 0.111. The Morgan fingerprint density at radius 2 is 1.48 bits per heavy atom. The fraction of sp³-hybridized carbons (Fsp3) is 0.368. The standard InChI is InChI=1S/C19H25NO2S/c1-14(2)20(13-18-9-7-6-8-10-18)23(21,22)19-16(4)11-15(3)12-17(19)5/h6-12,14H,13H2,1-5H3. The van der Waals surface area contributed by atoms with Crippen molar-refractivity contribution in [2.45, 2.75) is 52.1 Å². The van der Waals surface area contributed by atoms with Crippen LogP contribution < -0.4 is 0 Å². The van der Waals surface area contributed by atoms with Crippen LogP contribution in [0.3, 0.4) is 0 Å². The third-order valence-corrected chi connectivity index (χ3v) is 6.26. The molecule has 0 unspecified atom stereocenters. The molecule has 2 rings (SSSR count). The van der Waals surface area contributed by atoms with E-state index in [9.17, 15) is 8.42 Å². The van der Waals surface area contributed by atoms with E-state index in [2.05, 4.69) is 0 Å². The molecule has 0 saturated heterocycles. The lowest BCUT2D eigenvalue weighted by molar-refractivity contribution is 0.347. The first-order valence-electron chi connectivity index (χ1n) is 7.87. The van der Waals surface area contributed by atoms with Crippen LogP contribution in [0.15, 0.2) is 47.4 Å². The van der Waals surface area contributed by atoms with Crippen LogP contribution in [0, 0.1) is 20.8 Å². The van der Waals surface area contributed by atoms with Gasteiger partial charge < -0.3 is 0 Å². The van der Waals surface area contributed by atoms with Crippen molar-refractivity contribution in [1.29, 1.82) is 0 Å². The molecule has 124 valence electrons. The molecule has 0 N–H and O–H groups in total. The van der Waals surface area contributed by atoms with E-state index < -0.39 is 10.0 Å². The topological polar surface area (TPSA) is 37.4 Å². The van der Waals surface area contributed by atoms with Crippen LogP contribution in [0.1, 0.15) is 36.1 Å². The lowest BCUT2D eigenvalue weighted by atomic mass is 10.1. The van der Waals surface area contributed by atoms with E-state index in [4.69, 9.17) is 0 Å². The first-order chi connectivity index (χ1) is 10.7. The third kappa shape index (κ3) is 3.82. The van der Waals surface area contributed by atoms with Crippen LogP contribution in [0.5, 0.6) is 0 Å². The minimum Gasteiger partial charge on any atom is -0.207 e. The molecular formula is C19H25NO2S. The summed E-state index contributed by atoms with van der Waals surface area (Å²) in [4.78, 5) is 0.438. The molecule has 0 amide bonds. The molecule has 0 atom stereocenters. The molecule has 0 bridgehead atoms. The first-order valence-corrected chi connectivity index (χ1v) is 9.31. The highest BCUT2D eigenvalue weighted by Crippen LogP contribution is 2.27. The highest BCUT2D eigenvalue weighted by Gasteiger charge is 2.30. The van der Waals surface area contributed by atoms with Crippen LogP contribution in [0.4, 0.5) is 0 Å². The Balaban J connectivity index is 2.50. The second-order valence-corrected chi connectivity index (χ2v) is 8.18. The van der Waals surface area contributed by atoms with E-state index in [0.717, 1.165) is 22.3 Å². The van der Waals surface area contributed by atoms with Gasteiger partial charge in [0.1, 0.15) is 0 Å². The first kappa shape index (κ1) is 17.7. The third-order valence-electron chi connectivity index (χ3n) is 3.93. The van der Waals surface area contributed by atoms with Gasteiger partial charge in [-0.05, 0) is 51.3 Å². The highest BCUT2D eigenvalue weighted by atomic mass is 32.2. The van der Waals surface area contributed by atoms with Crippen LogP contribution in [-0.2, 0) is 16.6 Å². The molecule has 0 heterocycles. The van der Waals surface area contributed by atoms with Crippen LogP contribution in [0.2, 0.25) is 0 Å². The normalized spacial score (nSPS) is 12.1. The Morgan fingerprint density at radius 1 is 0.957 bits per heavy atom. The molecule has 2 aromatic rings. The molecule has 0 spiro atoms. The number of aryl methyl sites for hydroxylation is 3. The van der Waals surface area contributed by atoms with Gasteiger partial charge in [-0.15, -0.1) is 0 Å². The molecule has 0 aliphatic rings. The highest BCUT2D eigenvalue weighted by molar-refractivity contribution is 7.89. The molecule has 3 nitrogen and oxygen atoms in total. The predicted molar refractivity (Wildman–Crippen MR) is 95.0 cm³/mol. The van der Waals surface area contributed by atoms with E-state index in [0.29, 0.717) is 11.4 Å². The second kappa shape index (κ2) is 6.85. The van der Waals surface area contributed by atoms with E-state index in [1.54, 1.807) is 4.31 Å². The maximum Gasteiger partial charge on any atom is 0.244 e. The lowest BCUT2D eigenvalue weighted by Gasteiger charge is -2.27. The molecule has 0 fully saturated rings. The summed E-state index contributed by atoms with van der Waals surface area (Å²) in [5, 5.41) is 0. The van der Waals surface area contributed by atoms with E-state index in [1.165, 1.54) is 0 Å². The fourth-order valence-corrected chi connectivity index (χ4v) is 5.04. The number of sulfonamides is 1. The van der Waals surface area contributed by atoms with Gasteiger partial charge in [0.15, 0.2) is 0 Å². The number of hydrogen-bond donors (Lipinski definition) is 0. The zero-order valence-corrected chi connectivity index (χ0v) is 15.3. The summed E-state index contributed by atoms with van der Waals surface area (Å²) in [5.74, 6) is 0. The summed E-state index contributed by atoms with van der Waals surface area (Å²) in [6.07, 6.45) is 0. The average molecular weight is 331 g/mol. The maximum absolute atomic E-state index is 13.3. The largest absolute Gasteiger partial charge is 0.244 e. The SMILES string of the molecule is Cc1cc(C)c(S(=O)(=O)N(Cc2ccccc2)C(C)C)c(C)c1. The molecule has 0 radical (unpaired) electrons. The predicted octanol–water partition coefficient (Wildman–Crippen LogP) is 4.21. The number of benzene rings is 2. The monoisotopic (exact) mass is 331 g/mol. The van der Waals surface area contributed by atoms with Gasteiger partial charge in [0.05, 0.1) is 4.90 Å². The molecular weight excluding hydrogens is 306 g/mol. The van der Waals surface area contributed by atoms with E-state index in [-0.39, 0.29) is 6.04 Å². The molecule has 23 heavy (non-hydrogen) atoms. The van der Waals surface area contributed by atoms with Gasteiger partial charge in [-0.25, -0.2) is 8.42 Å². The van der Waals surface area contributed by atoms with Crippen LogP contribution in [0.25, 0.3) is 0 Å². The van der Waals surface area contributed by atoms with Crippen LogP contribution in [-0.4, -0.2) is 18.8 Å². The number of hydrogen-bond acceptors (Lipinski definition) is 2. The van der Waals surface area contributed by atoms with Gasteiger partial charge in [-0.2, -0.15) is 4.31 Å². The van der Waals surface area contributed by atoms with Crippen molar-refractivity contribution in [3.63, 3.8) is 0 Å². The molecule has 2 aromatic carbocycles. The summed E-state index contributed by atoms with van der Waals surface area (Å²) >= 11 is 0. The van der Waals surface area contributed by atoms with Gasteiger partial charge in [0, 0.05) is 12.6 Å². The second-order valence-electron chi connectivity index (χ2n) is 6.36. The number of nitrogens with zero attached hydrogens (tertiary/aromatic N) is 1. The molecule has 0 aromatic heterocycles. The molecule has 0 aliphatic heterocycles. The zero-order valence-electron chi connectivity index (χ0n) is 14.5. The van der Waals surface area contributed by atoms with Gasteiger partial charge in [-0.3, -0.25) is 0 Å². The zero-order chi connectivity index (χ0) is 17.2. The Kier molecular flexibility index (Phi) is 5.27. The summed E-state index contributed by atoms with van der Waals surface area (Å²) in [6, 6.07) is 13.5. The summed E-state index contributed by atoms with van der Waals surface area (Å²) in [6.45, 7) is 9.94. The average Bonchev–Trinajstić information content (AvgIpc) is 2.43. The van der Waals surface area contributed by atoms with Crippen molar-refractivity contribution in [1.82, 2.24) is 4.31 Å². The Hall–Kier alpha value is -1.65. The van der Waals surface area contributed by atoms with Crippen LogP contribution >= 0.6 is 0 Å². The fourth-order valence-electron chi connectivity index (χ4n) is 3.00. The summed E-state index contributed by atoms with van der Waals surface area (Å²) < 4.78 is 28.1. The van der Waals surface area contributed by atoms with Crippen molar-refractivity contribution in [2.75, 3.05) is 0 Å². The smallest absolute Gasteiger partial charge is 0.207 e. The Labute approximate surface area is 140 Å². The lowest BCUT2D eigenvalue weighted by Crippen LogP contribution is -2.37. The Morgan fingerprint density at radius 3 is 1.96 bits per heavy atom. The van der Waals surface area contributed by atoms with Gasteiger partial charge >= 0.3 is 0 Å². The van der Waals surface area contributed by atoms with Crippen molar-refractivity contribution in [3.8, 4) is 0 Å². The molecule has 0 aliphatic carbocycles. The Bertz CT molecular complexity index is 757. The van der Waals surface area contributed by atoms with E-state index >= 15 is 0 Å². The van der Waals surface area contributed by atoms with Crippen molar-refractivity contribution >= 4 is 10.0 Å². The van der Waals surface area contributed by atoms with E-state index in [1.807, 2.05) is 77.1 Å². The van der Waals surface area contributed by atoms with Gasteiger partial charge in [0.2, 0.25) is 10.0 Å². The van der Waals surface area contributed by atoms with Crippen molar-refractivity contribution < 1.29 is 8.42 Å². The van der Waals surface area contributed by atoms with Crippen molar-refractivity contribution in [2.24, 2.45) is 0 Å². The summed E-state index contributed by atoms with van der Waals surface area (Å²) in [5.41, 5.74) is 3.69. The summed E-state index contributed by atoms with van der Waals surface area (Å²) in [7, 11) is -3.54. The van der Waals surface area contributed by atoms with Crippen molar-refractivity contribution in [3.05, 3.63) is 64.7 Å². The molecule has 0 saturated carbocycles. The van der Waals surface area contributed by atoms with Gasteiger partial charge in [-0.1, -0.05) is 48.0 Å². The maximum atomic E-state index is 13.3.